The van der Waals surface area contributed by atoms with Gasteiger partial charge >= 0.3 is 0 Å². The van der Waals surface area contributed by atoms with E-state index in [1.165, 1.54) is 0 Å². The summed E-state index contributed by atoms with van der Waals surface area (Å²) in [6, 6.07) is 9.28. The van der Waals surface area contributed by atoms with Gasteiger partial charge in [0.15, 0.2) is 0 Å². The Morgan fingerprint density at radius 3 is 2.76 bits per heavy atom. The fraction of sp³-hybridized carbons (Fsp3) is 0.600. The lowest BCUT2D eigenvalue weighted by molar-refractivity contribution is -0.162. The van der Waals surface area contributed by atoms with Crippen molar-refractivity contribution in [1.29, 1.82) is 0 Å². The number of rotatable bonds is 4. The summed E-state index contributed by atoms with van der Waals surface area (Å²) in [5, 5.41) is 2.97. The molecule has 1 saturated carbocycles. The van der Waals surface area contributed by atoms with Crippen LogP contribution in [0.5, 0.6) is 0 Å². The smallest absolute Gasteiger partial charge is 0.245 e. The minimum absolute atomic E-state index is 0.00598. The lowest BCUT2D eigenvalue weighted by Crippen LogP contribution is -2.56. The van der Waals surface area contributed by atoms with E-state index >= 15 is 0 Å². The van der Waals surface area contributed by atoms with Crippen LogP contribution in [0.1, 0.15) is 51.5 Å². The van der Waals surface area contributed by atoms with Gasteiger partial charge in [0.25, 0.3) is 0 Å². The number of amides is 2. The number of hydrogen-bond acceptors (Lipinski definition) is 3. The van der Waals surface area contributed by atoms with E-state index in [-0.39, 0.29) is 11.8 Å². The maximum absolute atomic E-state index is 12.8. The number of carbonyl (C=O) groups is 2. The minimum atomic E-state index is -0.584. The van der Waals surface area contributed by atoms with Gasteiger partial charge in [-0.1, -0.05) is 50.6 Å². The average molecular weight is 344 g/mol. The van der Waals surface area contributed by atoms with Gasteiger partial charge in [-0.05, 0) is 30.7 Å². The van der Waals surface area contributed by atoms with Gasteiger partial charge in [0.05, 0.1) is 6.61 Å². The monoisotopic (exact) mass is 344 g/mol. The summed E-state index contributed by atoms with van der Waals surface area (Å²) >= 11 is 0. The molecule has 1 N–H and O–H groups in total. The number of nitrogens with one attached hydrogen (secondary N) is 1. The zero-order valence-electron chi connectivity index (χ0n) is 15.2. The van der Waals surface area contributed by atoms with Crippen molar-refractivity contribution >= 4 is 11.8 Å². The summed E-state index contributed by atoms with van der Waals surface area (Å²) < 4.78 is 6.12. The van der Waals surface area contributed by atoms with E-state index < -0.39 is 11.8 Å². The quantitative estimate of drug-likeness (QED) is 0.914. The van der Waals surface area contributed by atoms with Crippen LogP contribution in [0.15, 0.2) is 30.3 Å². The summed E-state index contributed by atoms with van der Waals surface area (Å²) in [5.41, 5.74) is 0.462. The molecule has 0 radical (unpaired) electrons. The summed E-state index contributed by atoms with van der Waals surface area (Å²) in [6.45, 7) is 4.80. The van der Waals surface area contributed by atoms with Gasteiger partial charge < -0.3 is 10.1 Å². The Morgan fingerprint density at radius 2 is 2.08 bits per heavy atom. The standard InChI is InChI=1S/C20H28N2O3/c1-3-18(23)22-17(14-25-20(22)11-7-8-15(2)12-20)19(24)21-13-16-9-5-4-6-10-16/h4-6,9-10,15,17H,3,7-8,11-14H2,1-2H3,(H,21,24). The fourth-order valence-corrected chi connectivity index (χ4v) is 4.15. The molecule has 1 heterocycles. The second kappa shape index (κ2) is 7.56. The van der Waals surface area contributed by atoms with Crippen LogP contribution in [-0.4, -0.2) is 35.1 Å². The first-order chi connectivity index (χ1) is 12.1. The highest BCUT2D eigenvalue weighted by Gasteiger charge is 2.53. The lowest BCUT2D eigenvalue weighted by atomic mass is 9.83. The highest BCUT2D eigenvalue weighted by atomic mass is 16.5. The van der Waals surface area contributed by atoms with Crippen LogP contribution < -0.4 is 5.32 Å². The van der Waals surface area contributed by atoms with E-state index in [2.05, 4.69) is 12.2 Å². The SMILES string of the molecule is CCC(=O)N1C(C(=O)NCc2ccccc2)COC12CCCC(C)C2. The molecule has 3 rings (SSSR count). The van der Waals surface area contributed by atoms with Gasteiger partial charge in [0, 0.05) is 13.0 Å². The van der Waals surface area contributed by atoms with Crippen LogP contribution in [0.3, 0.4) is 0 Å². The first kappa shape index (κ1) is 17.9. The molecule has 1 aliphatic carbocycles. The maximum atomic E-state index is 12.8. The molecule has 5 heteroatoms. The van der Waals surface area contributed by atoms with E-state index in [9.17, 15) is 9.59 Å². The van der Waals surface area contributed by atoms with Gasteiger partial charge in [0.2, 0.25) is 11.8 Å². The van der Waals surface area contributed by atoms with Crippen LogP contribution in [0.4, 0.5) is 0 Å². The molecule has 1 saturated heterocycles. The highest BCUT2D eigenvalue weighted by Crippen LogP contribution is 2.43. The predicted molar refractivity (Wildman–Crippen MR) is 95.5 cm³/mol. The molecule has 25 heavy (non-hydrogen) atoms. The number of hydrogen-bond donors (Lipinski definition) is 1. The Balaban J connectivity index is 1.73. The zero-order valence-corrected chi connectivity index (χ0v) is 15.2. The molecular formula is C20H28N2O3. The molecule has 3 unspecified atom stereocenters. The Labute approximate surface area is 149 Å². The molecule has 1 aromatic rings. The molecule has 2 aliphatic rings. The van der Waals surface area contributed by atoms with Crippen LogP contribution in [0, 0.1) is 5.92 Å². The number of benzene rings is 1. The minimum Gasteiger partial charge on any atom is -0.353 e. The van der Waals surface area contributed by atoms with Crippen molar-refractivity contribution in [2.45, 2.75) is 64.3 Å². The Morgan fingerprint density at radius 1 is 1.32 bits per heavy atom. The molecule has 5 nitrogen and oxygen atoms in total. The van der Waals surface area contributed by atoms with Gasteiger partial charge in [-0.3, -0.25) is 14.5 Å². The molecule has 0 aromatic heterocycles. The maximum Gasteiger partial charge on any atom is 0.245 e. The first-order valence-electron chi connectivity index (χ1n) is 9.33. The summed E-state index contributed by atoms with van der Waals surface area (Å²) in [6.07, 6.45) is 4.23. The molecule has 1 aromatic carbocycles. The van der Waals surface area contributed by atoms with Gasteiger partial charge in [0.1, 0.15) is 11.8 Å². The van der Waals surface area contributed by atoms with Gasteiger partial charge in [-0.25, -0.2) is 0 Å². The summed E-state index contributed by atoms with van der Waals surface area (Å²) in [5.74, 6) is 0.388. The second-order valence-electron chi connectivity index (χ2n) is 7.30. The number of nitrogens with zero attached hydrogens (tertiary/aromatic N) is 1. The Hall–Kier alpha value is -1.88. The van der Waals surface area contributed by atoms with E-state index in [4.69, 9.17) is 4.74 Å². The average Bonchev–Trinajstić information content (AvgIpc) is 2.98. The Kier molecular flexibility index (Phi) is 5.42. The largest absolute Gasteiger partial charge is 0.353 e. The van der Waals surface area contributed by atoms with E-state index in [1.54, 1.807) is 4.90 Å². The molecule has 1 spiro atoms. The topological polar surface area (TPSA) is 58.6 Å². The van der Waals surface area contributed by atoms with Gasteiger partial charge in [-0.15, -0.1) is 0 Å². The van der Waals surface area contributed by atoms with Crippen LogP contribution in [0.25, 0.3) is 0 Å². The molecule has 136 valence electrons. The molecule has 3 atom stereocenters. The normalized spacial score (nSPS) is 29.0. The van der Waals surface area contributed by atoms with Crippen molar-refractivity contribution in [2.75, 3.05) is 6.61 Å². The Bertz CT molecular complexity index is 619. The van der Waals surface area contributed by atoms with E-state index in [0.717, 1.165) is 31.2 Å². The number of ether oxygens (including phenoxy) is 1. The van der Waals surface area contributed by atoms with Gasteiger partial charge in [-0.2, -0.15) is 0 Å². The molecule has 1 aliphatic heterocycles. The first-order valence-corrected chi connectivity index (χ1v) is 9.33. The van der Waals surface area contributed by atoms with Crippen LogP contribution in [-0.2, 0) is 20.9 Å². The van der Waals surface area contributed by atoms with Crippen molar-refractivity contribution in [3.8, 4) is 0 Å². The predicted octanol–water partition coefficient (Wildman–Crippen LogP) is 2.85. The van der Waals surface area contributed by atoms with Crippen LogP contribution >= 0.6 is 0 Å². The summed E-state index contributed by atoms with van der Waals surface area (Å²) in [4.78, 5) is 27.2. The summed E-state index contributed by atoms with van der Waals surface area (Å²) in [7, 11) is 0. The highest BCUT2D eigenvalue weighted by molar-refractivity contribution is 5.88. The molecule has 0 bridgehead atoms. The molecular weight excluding hydrogens is 316 g/mol. The van der Waals surface area contributed by atoms with Crippen molar-refractivity contribution in [2.24, 2.45) is 5.92 Å². The van der Waals surface area contributed by atoms with Crippen molar-refractivity contribution < 1.29 is 14.3 Å². The van der Waals surface area contributed by atoms with Crippen LogP contribution in [0.2, 0.25) is 0 Å². The fourth-order valence-electron chi connectivity index (χ4n) is 4.15. The van der Waals surface area contributed by atoms with Crippen molar-refractivity contribution in [1.82, 2.24) is 10.2 Å². The van der Waals surface area contributed by atoms with E-state index in [1.807, 2.05) is 37.3 Å². The molecule has 2 fully saturated rings. The van der Waals surface area contributed by atoms with E-state index in [0.29, 0.717) is 25.5 Å². The number of carbonyl (C=O) groups excluding carboxylic acids is 2. The lowest BCUT2D eigenvalue weighted by Gasteiger charge is -2.43. The van der Waals surface area contributed by atoms with Crippen molar-refractivity contribution in [3.05, 3.63) is 35.9 Å². The second-order valence-corrected chi connectivity index (χ2v) is 7.30. The third-order valence-corrected chi connectivity index (χ3v) is 5.38. The third-order valence-electron chi connectivity index (χ3n) is 5.38. The zero-order chi connectivity index (χ0) is 17.9. The van der Waals surface area contributed by atoms with Crippen molar-refractivity contribution in [3.63, 3.8) is 0 Å². The molecule has 2 amide bonds. The third kappa shape index (κ3) is 3.71.